The highest BCUT2D eigenvalue weighted by atomic mass is 16.3. The summed E-state index contributed by atoms with van der Waals surface area (Å²) in [5, 5.41) is 9.24. The maximum Gasteiger partial charge on any atom is 0.0554 e. The zero-order valence-electron chi connectivity index (χ0n) is 6.90. The van der Waals surface area contributed by atoms with Crippen LogP contribution in [0.2, 0.25) is 0 Å². The number of aliphatic hydroxyl groups excluding tert-OH is 1. The molecule has 1 aromatic rings. The van der Waals surface area contributed by atoms with E-state index in [0.717, 1.165) is 19.4 Å². The van der Waals surface area contributed by atoms with Gasteiger partial charge in [-0.05, 0) is 25.0 Å². The van der Waals surface area contributed by atoms with Gasteiger partial charge in [-0.2, -0.15) is 0 Å². The van der Waals surface area contributed by atoms with Gasteiger partial charge < -0.3 is 9.67 Å². The number of hydrogen-bond acceptors (Lipinski definition) is 1. The number of hydrogen-bond donors (Lipinski definition) is 1. The predicted molar refractivity (Wildman–Crippen MR) is 45.3 cm³/mol. The molecule has 1 aromatic heterocycles. The molecule has 0 amide bonds. The van der Waals surface area contributed by atoms with Crippen LogP contribution in [0.4, 0.5) is 0 Å². The Balaban J connectivity index is 2.23. The number of nitrogens with zero attached hydrogens (tertiary/aromatic N) is 1. The van der Waals surface area contributed by atoms with Crippen LogP contribution in [0.3, 0.4) is 0 Å². The summed E-state index contributed by atoms with van der Waals surface area (Å²) >= 11 is 0. The normalized spacial score (nSPS) is 13.3. The van der Waals surface area contributed by atoms with E-state index in [-0.39, 0.29) is 6.10 Å². The Kier molecular flexibility index (Phi) is 3.17. The van der Waals surface area contributed by atoms with Crippen molar-refractivity contribution in [3.63, 3.8) is 0 Å². The Morgan fingerprint density at radius 2 is 2.00 bits per heavy atom. The zero-order chi connectivity index (χ0) is 8.10. The molecule has 0 fully saturated rings. The Bertz CT molecular complexity index is 181. The number of aryl methyl sites for hydroxylation is 1. The van der Waals surface area contributed by atoms with Crippen molar-refractivity contribution in [2.45, 2.75) is 32.4 Å². The van der Waals surface area contributed by atoms with Crippen molar-refractivity contribution >= 4 is 0 Å². The summed E-state index contributed by atoms with van der Waals surface area (Å²) in [5.41, 5.74) is 0. The lowest BCUT2D eigenvalue weighted by Gasteiger charge is -2.07. The smallest absolute Gasteiger partial charge is 0.0554 e. The molecule has 0 spiro atoms. The first-order chi connectivity index (χ1) is 5.33. The average molecular weight is 153 g/mol. The van der Waals surface area contributed by atoms with E-state index in [4.69, 9.17) is 0 Å². The van der Waals surface area contributed by atoms with Crippen molar-refractivity contribution in [2.75, 3.05) is 0 Å². The zero-order valence-corrected chi connectivity index (χ0v) is 6.90. The molecule has 1 heterocycles. The maximum absolute atomic E-state index is 9.24. The second kappa shape index (κ2) is 4.19. The third-order valence-corrected chi connectivity index (χ3v) is 1.86. The van der Waals surface area contributed by atoms with Gasteiger partial charge in [-0.15, -0.1) is 0 Å². The minimum Gasteiger partial charge on any atom is -0.393 e. The van der Waals surface area contributed by atoms with E-state index in [0.29, 0.717) is 0 Å². The van der Waals surface area contributed by atoms with Gasteiger partial charge in [0.15, 0.2) is 0 Å². The highest BCUT2D eigenvalue weighted by molar-refractivity contribution is 4.90. The van der Waals surface area contributed by atoms with Crippen LogP contribution in [0.15, 0.2) is 24.5 Å². The van der Waals surface area contributed by atoms with E-state index < -0.39 is 0 Å². The minimum absolute atomic E-state index is 0.141. The largest absolute Gasteiger partial charge is 0.393 e. The quantitative estimate of drug-likeness (QED) is 0.699. The molecule has 0 saturated carbocycles. The van der Waals surface area contributed by atoms with Crippen LogP contribution in [0, 0.1) is 0 Å². The molecular weight excluding hydrogens is 138 g/mol. The predicted octanol–water partition coefficient (Wildman–Crippen LogP) is 1.65. The van der Waals surface area contributed by atoms with E-state index in [9.17, 15) is 5.11 Å². The minimum atomic E-state index is -0.141. The number of aliphatic hydroxyl groups is 1. The molecule has 0 aliphatic carbocycles. The first-order valence-corrected chi connectivity index (χ1v) is 4.11. The van der Waals surface area contributed by atoms with Crippen molar-refractivity contribution < 1.29 is 5.11 Å². The van der Waals surface area contributed by atoms with Gasteiger partial charge in [0.25, 0.3) is 0 Å². The second-order valence-electron chi connectivity index (χ2n) is 2.77. The molecule has 2 nitrogen and oxygen atoms in total. The fourth-order valence-electron chi connectivity index (χ4n) is 1.02. The van der Waals surface area contributed by atoms with Gasteiger partial charge in [0.1, 0.15) is 0 Å². The highest BCUT2D eigenvalue weighted by Crippen LogP contribution is 2.00. The molecule has 1 rings (SSSR count). The van der Waals surface area contributed by atoms with Gasteiger partial charge in [0, 0.05) is 18.9 Å². The van der Waals surface area contributed by atoms with E-state index >= 15 is 0 Å². The summed E-state index contributed by atoms with van der Waals surface area (Å²) < 4.78 is 2.08. The van der Waals surface area contributed by atoms with Gasteiger partial charge in [-0.1, -0.05) is 6.92 Å². The molecule has 11 heavy (non-hydrogen) atoms. The van der Waals surface area contributed by atoms with Crippen LogP contribution in [-0.4, -0.2) is 15.8 Å². The van der Waals surface area contributed by atoms with Gasteiger partial charge in [0.05, 0.1) is 6.10 Å². The first-order valence-electron chi connectivity index (χ1n) is 4.11. The van der Waals surface area contributed by atoms with Crippen molar-refractivity contribution in [1.29, 1.82) is 0 Å². The Labute approximate surface area is 67.5 Å². The van der Waals surface area contributed by atoms with Gasteiger partial charge in [-0.25, -0.2) is 0 Å². The molecule has 1 N–H and O–H groups in total. The van der Waals surface area contributed by atoms with E-state index in [2.05, 4.69) is 4.57 Å². The SMILES string of the molecule is CCC(O)CCn1cccc1. The molecule has 0 bridgehead atoms. The van der Waals surface area contributed by atoms with Crippen molar-refractivity contribution in [2.24, 2.45) is 0 Å². The lowest BCUT2D eigenvalue weighted by molar-refractivity contribution is 0.154. The summed E-state index contributed by atoms with van der Waals surface area (Å²) in [6, 6.07) is 4.00. The third-order valence-electron chi connectivity index (χ3n) is 1.86. The lowest BCUT2D eigenvalue weighted by atomic mass is 10.2. The highest BCUT2D eigenvalue weighted by Gasteiger charge is 1.99. The van der Waals surface area contributed by atoms with E-state index in [1.54, 1.807) is 0 Å². The average Bonchev–Trinajstić information content (AvgIpc) is 2.52. The van der Waals surface area contributed by atoms with Gasteiger partial charge in [0.2, 0.25) is 0 Å². The summed E-state index contributed by atoms with van der Waals surface area (Å²) in [6.07, 6.45) is 5.59. The second-order valence-corrected chi connectivity index (χ2v) is 2.77. The maximum atomic E-state index is 9.24. The fourth-order valence-corrected chi connectivity index (χ4v) is 1.02. The van der Waals surface area contributed by atoms with Gasteiger partial charge in [-0.3, -0.25) is 0 Å². The first kappa shape index (κ1) is 8.34. The van der Waals surface area contributed by atoms with Crippen molar-refractivity contribution in [3.05, 3.63) is 24.5 Å². The summed E-state index contributed by atoms with van der Waals surface area (Å²) in [6.45, 7) is 2.92. The number of aromatic nitrogens is 1. The summed E-state index contributed by atoms with van der Waals surface area (Å²) in [7, 11) is 0. The molecule has 0 aliphatic rings. The monoisotopic (exact) mass is 153 g/mol. The Morgan fingerprint density at radius 3 is 2.55 bits per heavy atom. The summed E-state index contributed by atoms with van der Waals surface area (Å²) in [4.78, 5) is 0. The van der Waals surface area contributed by atoms with Crippen LogP contribution in [0.25, 0.3) is 0 Å². The lowest BCUT2D eigenvalue weighted by Crippen LogP contribution is -2.08. The summed E-state index contributed by atoms with van der Waals surface area (Å²) in [5.74, 6) is 0. The molecule has 1 unspecified atom stereocenters. The van der Waals surface area contributed by atoms with Crippen molar-refractivity contribution in [1.82, 2.24) is 4.57 Å². The van der Waals surface area contributed by atoms with E-state index in [1.165, 1.54) is 0 Å². The van der Waals surface area contributed by atoms with Crippen molar-refractivity contribution in [3.8, 4) is 0 Å². The van der Waals surface area contributed by atoms with Crippen LogP contribution in [0.5, 0.6) is 0 Å². The molecule has 0 saturated heterocycles. The topological polar surface area (TPSA) is 25.2 Å². The standard InChI is InChI=1S/C9H15NO/c1-2-9(11)5-8-10-6-3-4-7-10/h3-4,6-7,9,11H,2,5,8H2,1H3. The van der Waals surface area contributed by atoms with Crippen LogP contribution in [0.1, 0.15) is 19.8 Å². The van der Waals surface area contributed by atoms with E-state index in [1.807, 2.05) is 31.5 Å². The molecule has 0 radical (unpaired) electrons. The van der Waals surface area contributed by atoms with Crippen LogP contribution >= 0.6 is 0 Å². The van der Waals surface area contributed by atoms with Crippen LogP contribution < -0.4 is 0 Å². The Morgan fingerprint density at radius 1 is 1.36 bits per heavy atom. The molecular formula is C9H15NO. The van der Waals surface area contributed by atoms with Crippen LogP contribution in [-0.2, 0) is 6.54 Å². The Hall–Kier alpha value is -0.760. The molecule has 0 aliphatic heterocycles. The molecule has 0 aromatic carbocycles. The van der Waals surface area contributed by atoms with Gasteiger partial charge >= 0.3 is 0 Å². The molecule has 1 atom stereocenters. The molecule has 62 valence electrons. The number of rotatable bonds is 4. The fraction of sp³-hybridized carbons (Fsp3) is 0.556. The molecule has 2 heteroatoms. The third kappa shape index (κ3) is 2.76.